The molecule has 0 saturated heterocycles. The highest BCUT2D eigenvalue weighted by Gasteiger charge is 2.10. The molecule has 0 radical (unpaired) electrons. The molecule has 2 aromatic rings. The lowest BCUT2D eigenvalue weighted by molar-refractivity contribution is 0.300. The van der Waals surface area contributed by atoms with Crippen LogP contribution >= 0.6 is 0 Å². The predicted octanol–water partition coefficient (Wildman–Crippen LogP) is 3.44. The Kier molecular flexibility index (Phi) is 4.51. The van der Waals surface area contributed by atoms with Gasteiger partial charge in [-0.2, -0.15) is 5.26 Å². The highest BCUT2D eigenvalue weighted by Crippen LogP contribution is 2.25. The van der Waals surface area contributed by atoms with Crippen LogP contribution in [0.3, 0.4) is 0 Å². The summed E-state index contributed by atoms with van der Waals surface area (Å²) in [5.41, 5.74) is 6.94. The fraction of sp³-hybridized carbons (Fsp3) is 0.188. The molecule has 1 atom stereocenters. The molecule has 0 aliphatic carbocycles. The maximum atomic E-state index is 13.2. The van der Waals surface area contributed by atoms with Crippen molar-refractivity contribution in [3.05, 3.63) is 64.7 Å². The van der Waals surface area contributed by atoms with E-state index in [1.54, 1.807) is 13.0 Å². The minimum atomic E-state index is -0.570. The van der Waals surface area contributed by atoms with Crippen molar-refractivity contribution in [2.24, 2.45) is 5.73 Å². The molecule has 0 heterocycles. The van der Waals surface area contributed by atoms with E-state index < -0.39 is 5.82 Å². The molecule has 0 aromatic heterocycles. The first-order chi connectivity index (χ1) is 10.0. The third-order valence-corrected chi connectivity index (χ3v) is 3.01. The summed E-state index contributed by atoms with van der Waals surface area (Å²) in [6, 6.07) is 9.68. The molecular formula is C16H14F2N2O. The van der Waals surface area contributed by atoms with Gasteiger partial charge in [-0.05, 0) is 42.8 Å². The highest BCUT2D eigenvalue weighted by atomic mass is 19.1. The lowest BCUT2D eigenvalue weighted by atomic mass is 10.1. The molecule has 108 valence electrons. The van der Waals surface area contributed by atoms with Crippen molar-refractivity contribution in [3.63, 3.8) is 0 Å². The second-order valence-corrected chi connectivity index (χ2v) is 4.69. The molecule has 0 amide bonds. The monoisotopic (exact) mass is 288 g/mol. The zero-order valence-electron chi connectivity index (χ0n) is 11.4. The number of hydrogen-bond donors (Lipinski definition) is 1. The summed E-state index contributed by atoms with van der Waals surface area (Å²) in [6.07, 6.45) is 0. The van der Waals surface area contributed by atoms with Crippen LogP contribution in [0.5, 0.6) is 5.75 Å². The third kappa shape index (κ3) is 3.56. The predicted molar refractivity (Wildman–Crippen MR) is 74.4 cm³/mol. The number of benzene rings is 2. The van der Waals surface area contributed by atoms with Gasteiger partial charge in [0.1, 0.15) is 30.1 Å². The normalized spacial score (nSPS) is 11.8. The number of nitrogens with two attached hydrogens (primary N) is 1. The van der Waals surface area contributed by atoms with Crippen molar-refractivity contribution < 1.29 is 13.5 Å². The second kappa shape index (κ2) is 6.33. The van der Waals surface area contributed by atoms with Gasteiger partial charge in [0.2, 0.25) is 0 Å². The number of rotatable bonds is 4. The second-order valence-electron chi connectivity index (χ2n) is 4.69. The zero-order chi connectivity index (χ0) is 15.4. The van der Waals surface area contributed by atoms with Crippen LogP contribution in [-0.4, -0.2) is 0 Å². The van der Waals surface area contributed by atoms with Gasteiger partial charge < -0.3 is 10.5 Å². The molecule has 0 unspecified atom stereocenters. The Labute approximate surface area is 121 Å². The summed E-state index contributed by atoms with van der Waals surface area (Å²) in [5, 5.41) is 8.79. The number of halogens is 2. The van der Waals surface area contributed by atoms with Crippen molar-refractivity contribution in [2.45, 2.75) is 19.6 Å². The van der Waals surface area contributed by atoms with E-state index >= 15 is 0 Å². The molecule has 0 fully saturated rings. The fourth-order valence-corrected chi connectivity index (χ4v) is 1.92. The van der Waals surface area contributed by atoms with Crippen LogP contribution in [0.25, 0.3) is 0 Å². The zero-order valence-corrected chi connectivity index (χ0v) is 11.4. The van der Waals surface area contributed by atoms with E-state index in [1.165, 1.54) is 36.4 Å². The largest absolute Gasteiger partial charge is 0.489 e. The highest BCUT2D eigenvalue weighted by molar-refractivity contribution is 5.37. The van der Waals surface area contributed by atoms with Gasteiger partial charge in [-0.15, -0.1) is 0 Å². The van der Waals surface area contributed by atoms with Gasteiger partial charge in [-0.3, -0.25) is 0 Å². The molecule has 0 aliphatic heterocycles. The van der Waals surface area contributed by atoms with Gasteiger partial charge in [0.05, 0.1) is 5.56 Å². The number of hydrogen-bond acceptors (Lipinski definition) is 3. The first kappa shape index (κ1) is 14.9. The lowest BCUT2D eigenvalue weighted by Gasteiger charge is -2.14. The molecule has 2 aromatic carbocycles. The van der Waals surface area contributed by atoms with Crippen molar-refractivity contribution in [1.29, 1.82) is 5.26 Å². The van der Waals surface area contributed by atoms with E-state index in [2.05, 4.69) is 0 Å². The molecule has 5 heteroatoms. The molecule has 0 bridgehead atoms. The Bertz CT molecular complexity index is 693. The summed E-state index contributed by atoms with van der Waals surface area (Å²) in [4.78, 5) is 0. The molecule has 0 aliphatic rings. The summed E-state index contributed by atoms with van der Waals surface area (Å²) in [6.45, 7) is 1.87. The van der Waals surface area contributed by atoms with Gasteiger partial charge in [0.15, 0.2) is 0 Å². The van der Waals surface area contributed by atoms with E-state index in [4.69, 9.17) is 15.7 Å². The SMILES string of the molecule is C[C@@H](N)c1cc(F)ccc1OCc1ccc(F)c(C#N)c1. The number of ether oxygens (including phenoxy) is 1. The Hall–Kier alpha value is -2.45. The summed E-state index contributed by atoms with van der Waals surface area (Å²) in [5.74, 6) is -0.489. The Morgan fingerprint density at radius 1 is 1.24 bits per heavy atom. The average Bonchev–Trinajstić information content (AvgIpc) is 2.47. The van der Waals surface area contributed by atoms with Gasteiger partial charge in [-0.1, -0.05) is 6.07 Å². The molecular weight excluding hydrogens is 274 g/mol. The van der Waals surface area contributed by atoms with Crippen molar-refractivity contribution in [1.82, 2.24) is 0 Å². The van der Waals surface area contributed by atoms with Crippen LogP contribution in [0.2, 0.25) is 0 Å². The minimum absolute atomic E-state index is 0.0392. The first-order valence-corrected chi connectivity index (χ1v) is 6.37. The van der Waals surface area contributed by atoms with E-state index in [0.717, 1.165) is 0 Å². The topological polar surface area (TPSA) is 59.0 Å². The standard InChI is InChI=1S/C16H14F2N2O/c1-10(20)14-7-13(17)3-5-16(14)21-9-11-2-4-15(18)12(6-11)8-19/h2-7,10H,9,20H2,1H3/t10-/m1/s1. The van der Waals surface area contributed by atoms with Crippen molar-refractivity contribution >= 4 is 0 Å². The van der Waals surface area contributed by atoms with Crippen LogP contribution in [0, 0.1) is 23.0 Å². The average molecular weight is 288 g/mol. The molecule has 2 rings (SSSR count). The van der Waals surface area contributed by atoms with Gasteiger partial charge in [0.25, 0.3) is 0 Å². The third-order valence-electron chi connectivity index (χ3n) is 3.01. The molecule has 0 saturated carbocycles. The maximum Gasteiger partial charge on any atom is 0.140 e. The number of nitrogens with zero attached hydrogens (tertiary/aromatic N) is 1. The molecule has 0 spiro atoms. The Morgan fingerprint density at radius 3 is 2.67 bits per heavy atom. The summed E-state index contributed by atoms with van der Waals surface area (Å²) in [7, 11) is 0. The fourth-order valence-electron chi connectivity index (χ4n) is 1.92. The molecule has 2 N–H and O–H groups in total. The maximum absolute atomic E-state index is 13.2. The van der Waals surface area contributed by atoms with Crippen LogP contribution in [-0.2, 0) is 6.61 Å². The van der Waals surface area contributed by atoms with E-state index in [1.807, 2.05) is 0 Å². The van der Waals surface area contributed by atoms with Crippen LogP contribution in [0.4, 0.5) is 8.78 Å². The van der Waals surface area contributed by atoms with Crippen molar-refractivity contribution in [2.75, 3.05) is 0 Å². The van der Waals surface area contributed by atoms with Crippen LogP contribution < -0.4 is 10.5 Å². The Balaban J connectivity index is 2.19. The van der Waals surface area contributed by atoms with Gasteiger partial charge in [-0.25, -0.2) is 8.78 Å². The summed E-state index contributed by atoms with van der Waals surface area (Å²) >= 11 is 0. The molecule has 3 nitrogen and oxygen atoms in total. The van der Waals surface area contributed by atoms with Gasteiger partial charge >= 0.3 is 0 Å². The van der Waals surface area contributed by atoms with Crippen molar-refractivity contribution in [3.8, 4) is 11.8 Å². The van der Waals surface area contributed by atoms with E-state index in [9.17, 15) is 8.78 Å². The Morgan fingerprint density at radius 2 is 2.00 bits per heavy atom. The quantitative estimate of drug-likeness (QED) is 0.937. The van der Waals surface area contributed by atoms with Crippen LogP contribution in [0.1, 0.15) is 29.7 Å². The minimum Gasteiger partial charge on any atom is -0.489 e. The van der Waals surface area contributed by atoms with Crippen LogP contribution in [0.15, 0.2) is 36.4 Å². The first-order valence-electron chi connectivity index (χ1n) is 6.37. The molecule has 21 heavy (non-hydrogen) atoms. The lowest BCUT2D eigenvalue weighted by Crippen LogP contribution is -2.08. The van der Waals surface area contributed by atoms with E-state index in [-0.39, 0.29) is 24.0 Å². The summed E-state index contributed by atoms with van der Waals surface area (Å²) < 4.78 is 32.1. The van der Waals surface area contributed by atoms with Gasteiger partial charge in [0, 0.05) is 11.6 Å². The number of nitriles is 1. The smallest absolute Gasteiger partial charge is 0.140 e. The van der Waals surface area contributed by atoms with E-state index in [0.29, 0.717) is 16.9 Å².